The average Bonchev–Trinajstić information content (AvgIpc) is 3.03. The Morgan fingerprint density at radius 3 is 2.53 bits per heavy atom. The summed E-state index contributed by atoms with van der Waals surface area (Å²) in [5.41, 5.74) is 0.220. The molecule has 32 heavy (non-hydrogen) atoms. The predicted molar refractivity (Wildman–Crippen MR) is 115 cm³/mol. The monoisotopic (exact) mass is 456 g/mol. The van der Waals surface area contributed by atoms with E-state index in [1.165, 1.54) is 4.90 Å². The lowest BCUT2D eigenvalue weighted by molar-refractivity contribution is -0.134. The van der Waals surface area contributed by atoms with E-state index in [0.29, 0.717) is 30.0 Å². The van der Waals surface area contributed by atoms with Crippen LogP contribution in [0.25, 0.3) is 0 Å². The molecule has 4 rings (SSSR count). The lowest BCUT2D eigenvalue weighted by atomic mass is 9.88. The van der Waals surface area contributed by atoms with Crippen molar-refractivity contribution < 1.29 is 18.4 Å². The van der Waals surface area contributed by atoms with Gasteiger partial charge < -0.3 is 10.2 Å². The number of hydrogen-bond acceptors (Lipinski definition) is 4. The first-order valence-electron chi connectivity index (χ1n) is 10.2. The average molecular weight is 457 g/mol. The van der Waals surface area contributed by atoms with Crippen molar-refractivity contribution in [3.63, 3.8) is 0 Å². The molecule has 1 saturated carbocycles. The van der Waals surface area contributed by atoms with Crippen molar-refractivity contribution in [1.82, 2.24) is 4.90 Å². The second-order valence-electron chi connectivity index (χ2n) is 7.88. The van der Waals surface area contributed by atoms with Crippen molar-refractivity contribution in [2.45, 2.75) is 37.8 Å². The van der Waals surface area contributed by atoms with Gasteiger partial charge in [0.25, 0.3) is 5.91 Å². The number of benzene rings is 2. The topological polar surface area (TPSA) is 85.6 Å². The van der Waals surface area contributed by atoms with Gasteiger partial charge in [0.2, 0.25) is 5.91 Å². The van der Waals surface area contributed by atoms with Gasteiger partial charge in [0.1, 0.15) is 34.6 Å². The van der Waals surface area contributed by atoms with E-state index in [1.54, 1.807) is 24.3 Å². The molecule has 0 bridgehead atoms. The Kier molecular flexibility index (Phi) is 5.94. The van der Waals surface area contributed by atoms with Crippen LogP contribution in [0.3, 0.4) is 0 Å². The van der Waals surface area contributed by atoms with Crippen molar-refractivity contribution in [1.29, 1.82) is 5.26 Å². The Hall–Kier alpha value is -3.31. The number of nitrogens with zero attached hydrogens (tertiary/aromatic N) is 3. The van der Waals surface area contributed by atoms with Gasteiger partial charge in [-0.15, -0.1) is 0 Å². The van der Waals surface area contributed by atoms with Gasteiger partial charge in [0.05, 0.1) is 17.3 Å². The van der Waals surface area contributed by atoms with Crippen LogP contribution >= 0.6 is 11.6 Å². The zero-order chi connectivity index (χ0) is 22.9. The van der Waals surface area contributed by atoms with E-state index in [1.807, 2.05) is 6.07 Å². The Balaban J connectivity index is 1.60. The van der Waals surface area contributed by atoms with Crippen LogP contribution < -0.4 is 5.32 Å². The third-order valence-corrected chi connectivity index (χ3v) is 6.16. The maximum atomic E-state index is 13.7. The molecule has 2 amide bonds. The van der Waals surface area contributed by atoms with E-state index >= 15 is 0 Å². The maximum Gasteiger partial charge on any atom is 0.275 e. The molecule has 2 aliphatic rings. The third kappa shape index (κ3) is 4.08. The highest BCUT2D eigenvalue weighted by Crippen LogP contribution is 2.39. The Morgan fingerprint density at radius 1 is 1.19 bits per heavy atom. The van der Waals surface area contributed by atoms with Crippen LogP contribution in [0.5, 0.6) is 0 Å². The molecule has 1 fully saturated rings. The summed E-state index contributed by atoms with van der Waals surface area (Å²) in [4.78, 5) is 32.2. The van der Waals surface area contributed by atoms with Crippen LogP contribution in [-0.2, 0) is 9.59 Å². The largest absolute Gasteiger partial charge is 0.323 e. The number of carbonyl (C=O) groups excluding carboxylic acids is 2. The number of anilines is 1. The quantitative estimate of drug-likeness (QED) is 0.691. The van der Waals surface area contributed by atoms with Gasteiger partial charge in [-0.25, -0.2) is 8.78 Å². The van der Waals surface area contributed by atoms with Gasteiger partial charge in [-0.3, -0.25) is 14.6 Å². The predicted octanol–water partition coefficient (Wildman–Crippen LogP) is 4.42. The molecule has 9 heteroatoms. The molecule has 0 saturated heterocycles. The SMILES string of the molecule is N#Cc1ccc(C2=NC3(CCCCC3)N(CC(=O)Nc3cc(F)cc(F)c3Cl)C2=O)cc1. The second-order valence-corrected chi connectivity index (χ2v) is 8.26. The first kappa shape index (κ1) is 21.9. The number of aliphatic imine (C=N–C) groups is 1. The van der Waals surface area contributed by atoms with Gasteiger partial charge in [-0.1, -0.05) is 30.2 Å². The number of nitrogens with one attached hydrogen (secondary N) is 1. The molecule has 1 heterocycles. The van der Waals surface area contributed by atoms with Gasteiger partial charge >= 0.3 is 0 Å². The molecule has 2 aromatic rings. The lowest BCUT2D eigenvalue weighted by Gasteiger charge is -2.38. The highest BCUT2D eigenvalue weighted by atomic mass is 35.5. The maximum absolute atomic E-state index is 13.7. The van der Waals surface area contributed by atoms with Gasteiger partial charge in [-0.05, 0) is 43.9 Å². The van der Waals surface area contributed by atoms with Crippen LogP contribution in [0.2, 0.25) is 5.02 Å². The summed E-state index contributed by atoms with van der Waals surface area (Å²) in [6, 6.07) is 10.1. The highest BCUT2D eigenvalue weighted by molar-refractivity contribution is 6.47. The number of nitriles is 1. The fourth-order valence-corrected chi connectivity index (χ4v) is 4.38. The summed E-state index contributed by atoms with van der Waals surface area (Å²) < 4.78 is 27.3. The minimum Gasteiger partial charge on any atom is -0.323 e. The van der Waals surface area contributed by atoms with E-state index in [-0.39, 0.29) is 17.9 Å². The van der Waals surface area contributed by atoms with Gasteiger partial charge in [0, 0.05) is 11.6 Å². The summed E-state index contributed by atoms with van der Waals surface area (Å²) in [6.45, 7) is -0.337. The van der Waals surface area contributed by atoms with Crippen molar-refractivity contribution in [2.75, 3.05) is 11.9 Å². The molecule has 6 nitrogen and oxygen atoms in total. The molecular formula is C23H19ClF2N4O2. The summed E-state index contributed by atoms with van der Waals surface area (Å²) in [5, 5.41) is 11.0. The zero-order valence-corrected chi connectivity index (χ0v) is 17.8. The van der Waals surface area contributed by atoms with Crippen molar-refractivity contribution in [3.8, 4) is 6.07 Å². The van der Waals surface area contributed by atoms with Crippen LogP contribution in [0.4, 0.5) is 14.5 Å². The Bertz CT molecular complexity index is 1150. The normalized spacial score (nSPS) is 17.2. The van der Waals surface area contributed by atoms with Crippen molar-refractivity contribution in [2.24, 2.45) is 4.99 Å². The van der Waals surface area contributed by atoms with Crippen LogP contribution in [0, 0.1) is 23.0 Å². The fourth-order valence-electron chi connectivity index (χ4n) is 4.22. The van der Waals surface area contributed by atoms with Crippen LogP contribution in [0.1, 0.15) is 43.2 Å². The zero-order valence-electron chi connectivity index (χ0n) is 17.0. The van der Waals surface area contributed by atoms with Gasteiger partial charge in [-0.2, -0.15) is 5.26 Å². The molecule has 1 spiro atoms. The first-order valence-corrected chi connectivity index (χ1v) is 10.6. The second kappa shape index (κ2) is 8.67. The number of amides is 2. The Labute approximate surface area is 188 Å². The summed E-state index contributed by atoms with van der Waals surface area (Å²) in [6.07, 6.45) is 3.95. The standard InChI is InChI=1S/C23H19ClF2N4O2/c24-20-17(26)10-16(25)11-18(20)28-19(31)13-30-22(32)21(15-6-4-14(12-27)5-7-15)29-23(30)8-2-1-3-9-23/h4-7,10-11H,1-3,8-9,13H2,(H,28,31). The number of halogens is 3. The van der Waals surface area contributed by atoms with Crippen molar-refractivity contribution >= 4 is 34.8 Å². The summed E-state index contributed by atoms with van der Waals surface area (Å²) in [5.74, 6) is -2.90. The molecule has 1 aliphatic carbocycles. The molecule has 1 aliphatic heterocycles. The molecule has 0 atom stereocenters. The number of carbonyl (C=O) groups is 2. The molecule has 0 radical (unpaired) electrons. The number of hydrogen-bond donors (Lipinski definition) is 1. The third-order valence-electron chi connectivity index (χ3n) is 5.78. The molecule has 164 valence electrons. The Morgan fingerprint density at radius 2 is 1.88 bits per heavy atom. The molecule has 2 aromatic carbocycles. The van der Waals surface area contributed by atoms with E-state index in [4.69, 9.17) is 21.9 Å². The summed E-state index contributed by atoms with van der Waals surface area (Å²) >= 11 is 5.84. The van der Waals surface area contributed by atoms with Crippen molar-refractivity contribution in [3.05, 3.63) is 64.2 Å². The highest BCUT2D eigenvalue weighted by Gasteiger charge is 2.48. The smallest absolute Gasteiger partial charge is 0.275 e. The molecule has 0 unspecified atom stereocenters. The lowest BCUT2D eigenvalue weighted by Crippen LogP contribution is -2.51. The molecule has 1 N–H and O–H groups in total. The minimum atomic E-state index is -0.991. The molecule has 0 aromatic heterocycles. The van der Waals surface area contributed by atoms with E-state index < -0.39 is 34.1 Å². The fraction of sp³-hybridized carbons (Fsp3) is 0.304. The number of rotatable bonds is 4. The van der Waals surface area contributed by atoms with E-state index in [9.17, 15) is 18.4 Å². The van der Waals surface area contributed by atoms with Gasteiger partial charge in [0.15, 0.2) is 0 Å². The van der Waals surface area contributed by atoms with E-state index in [0.717, 1.165) is 25.3 Å². The van der Waals surface area contributed by atoms with Crippen LogP contribution in [0.15, 0.2) is 41.4 Å². The molecular weight excluding hydrogens is 438 g/mol. The van der Waals surface area contributed by atoms with Crippen LogP contribution in [-0.4, -0.2) is 34.6 Å². The first-order chi connectivity index (χ1) is 15.3. The minimum absolute atomic E-state index is 0.202. The summed E-state index contributed by atoms with van der Waals surface area (Å²) in [7, 11) is 0. The van der Waals surface area contributed by atoms with E-state index in [2.05, 4.69) is 5.32 Å².